The van der Waals surface area contributed by atoms with Crippen LogP contribution in [0.2, 0.25) is 0 Å². The molecule has 1 aliphatic rings. The third kappa shape index (κ3) is 4.74. The molecule has 2 aromatic rings. The Kier molecular flexibility index (Phi) is 5.95. The van der Waals surface area contributed by atoms with Crippen LogP contribution in [0.3, 0.4) is 0 Å². The summed E-state index contributed by atoms with van der Waals surface area (Å²) in [5.74, 6) is -0.331. The third-order valence-electron chi connectivity index (χ3n) is 4.83. The van der Waals surface area contributed by atoms with Gasteiger partial charge in [-0.1, -0.05) is 29.8 Å². The lowest BCUT2D eigenvalue weighted by molar-refractivity contribution is 0.0987. The van der Waals surface area contributed by atoms with Gasteiger partial charge in [0.15, 0.2) is 5.78 Å². The number of nitrogens with zero attached hydrogens (tertiary/aromatic N) is 1. The van der Waals surface area contributed by atoms with E-state index in [2.05, 4.69) is 41.4 Å². The number of ketones is 1. The highest BCUT2D eigenvalue weighted by Crippen LogP contribution is 2.24. The fourth-order valence-electron chi connectivity index (χ4n) is 3.36. The molecule has 1 unspecified atom stereocenters. The average Bonchev–Trinajstić information content (AvgIpc) is 3.14. The molecule has 0 radical (unpaired) electrons. The van der Waals surface area contributed by atoms with Crippen LogP contribution in [-0.2, 0) is 0 Å². The minimum atomic E-state index is -0.321. The van der Waals surface area contributed by atoms with E-state index in [1.54, 1.807) is 0 Å². The number of benzene rings is 2. The van der Waals surface area contributed by atoms with Gasteiger partial charge in [0.25, 0.3) is 0 Å². The summed E-state index contributed by atoms with van der Waals surface area (Å²) in [6, 6.07) is 14.7. The predicted octanol–water partition coefficient (Wildman–Crippen LogP) is 3.74. The van der Waals surface area contributed by atoms with E-state index in [1.807, 2.05) is 0 Å². The molecule has 1 atom stereocenters. The van der Waals surface area contributed by atoms with Gasteiger partial charge in [0.05, 0.1) is 6.54 Å². The van der Waals surface area contributed by atoms with E-state index in [4.69, 9.17) is 0 Å². The van der Waals surface area contributed by atoms with Crippen molar-refractivity contribution in [2.45, 2.75) is 25.8 Å². The molecule has 3 rings (SSSR count). The number of hydrogen-bond donors (Lipinski definition) is 1. The van der Waals surface area contributed by atoms with Gasteiger partial charge >= 0.3 is 0 Å². The van der Waals surface area contributed by atoms with E-state index < -0.39 is 0 Å². The molecule has 132 valence electrons. The lowest BCUT2D eigenvalue weighted by atomic mass is 10.0. The monoisotopic (exact) mass is 340 g/mol. The van der Waals surface area contributed by atoms with Crippen molar-refractivity contribution in [2.24, 2.45) is 0 Å². The van der Waals surface area contributed by atoms with Gasteiger partial charge in [-0.25, -0.2) is 4.39 Å². The highest BCUT2D eigenvalue weighted by molar-refractivity contribution is 5.97. The molecule has 1 aliphatic heterocycles. The van der Waals surface area contributed by atoms with Crippen molar-refractivity contribution in [3.8, 4) is 0 Å². The highest BCUT2D eigenvalue weighted by Gasteiger charge is 2.23. The number of hydrogen-bond acceptors (Lipinski definition) is 3. The van der Waals surface area contributed by atoms with Crippen LogP contribution in [0.1, 0.15) is 40.4 Å². The Morgan fingerprint density at radius 3 is 2.36 bits per heavy atom. The third-order valence-corrected chi connectivity index (χ3v) is 4.83. The summed E-state index contributed by atoms with van der Waals surface area (Å²) in [7, 11) is 0. The number of rotatable bonds is 7. The smallest absolute Gasteiger partial charge is 0.176 e. The molecule has 0 amide bonds. The minimum Gasteiger partial charge on any atom is -0.308 e. The molecule has 1 fully saturated rings. The van der Waals surface area contributed by atoms with Crippen molar-refractivity contribution in [2.75, 3.05) is 26.2 Å². The number of likely N-dealkylation sites (tertiary alicyclic amines) is 1. The van der Waals surface area contributed by atoms with Crippen LogP contribution in [0.15, 0.2) is 48.5 Å². The molecule has 2 aromatic carbocycles. The molecule has 1 heterocycles. The fourth-order valence-corrected chi connectivity index (χ4v) is 3.36. The van der Waals surface area contributed by atoms with E-state index in [-0.39, 0.29) is 24.2 Å². The molecule has 0 spiro atoms. The molecule has 1 N–H and O–H groups in total. The maximum atomic E-state index is 13.0. The van der Waals surface area contributed by atoms with Crippen LogP contribution >= 0.6 is 0 Å². The van der Waals surface area contributed by atoms with Gasteiger partial charge in [-0.15, -0.1) is 0 Å². The van der Waals surface area contributed by atoms with Crippen LogP contribution < -0.4 is 5.32 Å². The molecule has 1 saturated heterocycles. The standard InChI is InChI=1S/C21H25FN2O/c1-16-4-6-17(7-5-16)20(24-12-2-3-13-24)14-23-15-21(25)18-8-10-19(22)11-9-18/h4-11,20,23H,2-3,12-15H2,1H3. The van der Waals surface area contributed by atoms with Crippen molar-refractivity contribution < 1.29 is 9.18 Å². The summed E-state index contributed by atoms with van der Waals surface area (Å²) in [6.45, 7) is 5.30. The van der Waals surface area contributed by atoms with E-state index in [0.717, 1.165) is 19.6 Å². The van der Waals surface area contributed by atoms with E-state index in [0.29, 0.717) is 5.56 Å². The first-order valence-electron chi connectivity index (χ1n) is 8.93. The second kappa shape index (κ2) is 8.37. The molecule has 0 saturated carbocycles. The van der Waals surface area contributed by atoms with Gasteiger partial charge in [-0.2, -0.15) is 0 Å². The van der Waals surface area contributed by atoms with Gasteiger partial charge < -0.3 is 5.32 Å². The van der Waals surface area contributed by atoms with Crippen molar-refractivity contribution in [1.82, 2.24) is 10.2 Å². The molecule has 0 bridgehead atoms. The van der Waals surface area contributed by atoms with Gasteiger partial charge in [0.2, 0.25) is 0 Å². The van der Waals surface area contributed by atoms with Crippen LogP contribution in [0.5, 0.6) is 0 Å². The number of carbonyl (C=O) groups is 1. The summed E-state index contributed by atoms with van der Waals surface area (Å²) in [5, 5.41) is 3.30. The Labute approximate surface area is 148 Å². The summed E-state index contributed by atoms with van der Waals surface area (Å²) < 4.78 is 13.0. The van der Waals surface area contributed by atoms with Crippen molar-refractivity contribution >= 4 is 5.78 Å². The number of Topliss-reactive ketones (excluding diaryl/α,β-unsaturated/α-hetero) is 1. The van der Waals surface area contributed by atoms with E-state index in [1.165, 1.54) is 48.2 Å². The van der Waals surface area contributed by atoms with Crippen LogP contribution in [-0.4, -0.2) is 36.9 Å². The summed E-state index contributed by atoms with van der Waals surface area (Å²) in [4.78, 5) is 14.7. The summed E-state index contributed by atoms with van der Waals surface area (Å²) in [6.07, 6.45) is 2.47. The number of carbonyl (C=O) groups excluding carboxylic acids is 1. The lowest BCUT2D eigenvalue weighted by Crippen LogP contribution is -2.36. The Bertz CT molecular complexity index is 691. The molecule has 0 aromatic heterocycles. The van der Waals surface area contributed by atoms with E-state index >= 15 is 0 Å². The normalized spacial score (nSPS) is 16.1. The first-order chi connectivity index (χ1) is 12.1. The SMILES string of the molecule is Cc1ccc(C(CNCC(=O)c2ccc(F)cc2)N2CCCC2)cc1. The van der Waals surface area contributed by atoms with Gasteiger partial charge in [-0.3, -0.25) is 9.69 Å². The predicted molar refractivity (Wildman–Crippen MR) is 98.3 cm³/mol. The zero-order valence-corrected chi connectivity index (χ0v) is 14.7. The maximum absolute atomic E-state index is 13.0. The number of halogens is 1. The van der Waals surface area contributed by atoms with E-state index in [9.17, 15) is 9.18 Å². The van der Waals surface area contributed by atoms with Crippen molar-refractivity contribution in [1.29, 1.82) is 0 Å². The summed E-state index contributed by atoms with van der Waals surface area (Å²) in [5.41, 5.74) is 3.08. The second-order valence-electron chi connectivity index (χ2n) is 6.73. The Hall–Kier alpha value is -2.04. The summed E-state index contributed by atoms with van der Waals surface area (Å²) >= 11 is 0. The Balaban J connectivity index is 1.61. The van der Waals surface area contributed by atoms with Crippen molar-refractivity contribution in [3.63, 3.8) is 0 Å². The first-order valence-corrected chi connectivity index (χ1v) is 8.93. The molecule has 0 aliphatic carbocycles. The first kappa shape index (κ1) is 17.8. The highest BCUT2D eigenvalue weighted by atomic mass is 19.1. The average molecular weight is 340 g/mol. The van der Waals surface area contributed by atoms with Crippen LogP contribution in [0.4, 0.5) is 4.39 Å². The second-order valence-corrected chi connectivity index (χ2v) is 6.73. The van der Waals surface area contributed by atoms with Gasteiger partial charge in [0, 0.05) is 18.2 Å². The maximum Gasteiger partial charge on any atom is 0.176 e. The van der Waals surface area contributed by atoms with Crippen LogP contribution in [0.25, 0.3) is 0 Å². The Morgan fingerprint density at radius 2 is 1.72 bits per heavy atom. The molecular weight excluding hydrogens is 315 g/mol. The van der Waals surface area contributed by atoms with Gasteiger partial charge in [0.1, 0.15) is 5.82 Å². The zero-order chi connectivity index (χ0) is 17.6. The van der Waals surface area contributed by atoms with Gasteiger partial charge in [-0.05, 0) is 62.7 Å². The number of aryl methyl sites for hydroxylation is 1. The van der Waals surface area contributed by atoms with Crippen LogP contribution in [0, 0.1) is 12.7 Å². The fraction of sp³-hybridized carbons (Fsp3) is 0.381. The molecule has 4 heteroatoms. The zero-order valence-electron chi connectivity index (χ0n) is 14.7. The molecular formula is C21H25FN2O. The van der Waals surface area contributed by atoms with Crippen molar-refractivity contribution in [3.05, 3.63) is 71.0 Å². The largest absolute Gasteiger partial charge is 0.308 e. The number of nitrogens with one attached hydrogen (secondary N) is 1. The Morgan fingerprint density at radius 1 is 1.08 bits per heavy atom. The lowest BCUT2D eigenvalue weighted by Gasteiger charge is -2.28. The quantitative estimate of drug-likeness (QED) is 0.779. The molecule has 3 nitrogen and oxygen atoms in total. The topological polar surface area (TPSA) is 32.3 Å². The minimum absolute atomic E-state index is 0.0101. The molecule has 25 heavy (non-hydrogen) atoms.